The first-order valence-corrected chi connectivity index (χ1v) is 7.12. The number of terminal acetylenes is 1. The number of hydrogen-bond donors (Lipinski definition) is 0. The molecule has 0 spiro atoms. The monoisotopic (exact) mass is 319 g/mol. The number of nitrogens with zero attached hydrogens (tertiary/aromatic N) is 1. The molecule has 23 heavy (non-hydrogen) atoms. The average Bonchev–Trinajstić information content (AvgIpc) is 2.99. The quantitative estimate of drug-likeness (QED) is 0.614. The lowest BCUT2D eigenvalue weighted by Gasteiger charge is -2.12. The molecule has 1 fully saturated rings. The molecule has 0 aromatic heterocycles. The van der Waals surface area contributed by atoms with Gasteiger partial charge in [0.15, 0.2) is 0 Å². The van der Waals surface area contributed by atoms with E-state index >= 15 is 0 Å². The second-order valence-corrected chi connectivity index (χ2v) is 5.34. The van der Waals surface area contributed by atoms with Crippen LogP contribution in [0, 0.1) is 18.3 Å². The molecule has 5 heteroatoms. The van der Waals surface area contributed by atoms with Crippen molar-refractivity contribution in [2.24, 2.45) is 5.92 Å². The molecule has 0 N–H and O–H groups in total. The molecule has 1 atom stereocenters. The number of amides is 1. The van der Waals surface area contributed by atoms with Gasteiger partial charge in [0.1, 0.15) is 0 Å². The van der Waals surface area contributed by atoms with Crippen LogP contribution in [0.4, 0.5) is 13.2 Å². The zero-order valence-corrected chi connectivity index (χ0v) is 12.4. The summed E-state index contributed by atoms with van der Waals surface area (Å²) in [6, 6.07) is 3.74. The molecule has 1 amide bonds. The zero-order chi connectivity index (χ0) is 17.0. The molecular weight excluding hydrogens is 303 g/mol. The number of rotatable bonds is 3. The van der Waals surface area contributed by atoms with Crippen LogP contribution in [0.3, 0.4) is 0 Å². The van der Waals surface area contributed by atoms with Gasteiger partial charge in [-0.1, -0.05) is 30.7 Å². The van der Waals surface area contributed by atoms with Crippen LogP contribution in [0.5, 0.6) is 0 Å². The van der Waals surface area contributed by atoms with Gasteiger partial charge in [0.2, 0.25) is 5.91 Å². The Hall–Kier alpha value is -2.48. The summed E-state index contributed by atoms with van der Waals surface area (Å²) in [5.74, 6) is 2.15. The highest BCUT2D eigenvalue weighted by Gasteiger charge is 2.32. The Morgan fingerprint density at radius 1 is 1.43 bits per heavy atom. The van der Waals surface area contributed by atoms with Gasteiger partial charge < -0.3 is 4.90 Å². The van der Waals surface area contributed by atoms with Crippen LogP contribution in [-0.2, 0) is 11.0 Å². The molecule has 2 nitrogen and oxygen atoms in total. The van der Waals surface area contributed by atoms with E-state index in [1.165, 1.54) is 18.2 Å². The number of likely N-dealkylation sites (tertiary alicyclic amines) is 1. The molecule has 0 radical (unpaired) electrons. The van der Waals surface area contributed by atoms with Crippen molar-refractivity contribution in [1.82, 2.24) is 4.90 Å². The van der Waals surface area contributed by atoms with Gasteiger partial charge in [-0.3, -0.25) is 4.79 Å². The molecule has 1 heterocycles. The van der Waals surface area contributed by atoms with E-state index in [-0.39, 0.29) is 17.4 Å². The lowest BCUT2D eigenvalue weighted by atomic mass is 10.0. The van der Waals surface area contributed by atoms with Crippen molar-refractivity contribution < 1.29 is 18.0 Å². The molecular formula is C18H16F3NO. The topological polar surface area (TPSA) is 20.3 Å². The minimum atomic E-state index is -4.46. The summed E-state index contributed by atoms with van der Waals surface area (Å²) in [5, 5.41) is 0. The fourth-order valence-corrected chi connectivity index (χ4v) is 2.55. The van der Waals surface area contributed by atoms with E-state index in [0.29, 0.717) is 18.7 Å². The number of halogens is 3. The minimum absolute atomic E-state index is 0.106. The normalized spacial score (nSPS) is 18.2. The SMILES string of the molecule is C#Cc1cc(/C=C/[C@H]2CCN(C(=O)C=C)C2)ccc1C(F)(F)F. The maximum absolute atomic E-state index is 12.8. The molecule has 0 bridgehead atoms. The molecule has 0 unspecified atom stereocenters. The van der Waals surface area contributed by atoms with Crippen molar-refractivity contribution in [3.05, 3.63) is 53.6 Å². The summed E-state index contributed by atoms with van der Waals surface area (Å²) in [6.45, 7) is 4.69. The van der Waals surface area contributed by atoms with E-state index in [1.54, 1.807) is 11.0 Å². The molecule has 120 valence electrons. The Kier molecular flexibility index (Phi) is 4.95. The highest BCUT2D eigenvalue weighted by atomic mass is 19.4. The molecule has 1 saturated heterocycles. The second-order valence-electron chi connectivity index (χ2n) is 5.34. The van der Waals surface area contributed by atoms with Crippen molar-refractivity contribution in [3.63, 3.8) is 0 Å². The first kappa shape index (κ1) is 16.9. The third-order valence-corrected chi connectivity index (χ3v) is 3.78. The van der Waals surface area contributed by atoms with Gasteiger partial charge in [0.25, 0.3) is 0 Å². The van der Waals surface area contributed by atoms with E-state index < -0.39 is 11.7 Å². The lowest BCUT2D eigenvalue weighted by molar-refractivity contribution is -0.137. The smallest absolute Gasteiger partial charge is 0.339 e. The molecule has 1 aromatic rings. The van der Waals surface area contributed by atoms with Gasteiger partial charge in [0.05, 0.1) is 5.56 Å². The molecule has 1 aliphatic rings. The van der Waals surface area contributed by atoms with Crippen LogP contribution in [0.1, 0.15) is 23.1 Å². The van der Waals surface area contributed by atoms with E-state index in [0.717, 1.165) is 12.5 Å². The van der Waals surface area contributed by atoms with Crippen LogP contribution >= 0.6 is 0 Å². The number of hydrogen-bond acceptors (Lipinski definition) is 1. The third kappa shape index (κ3) is 4.04. The third-order valence-electron chi connectivity index (χ3n) is 3.78. The predicted molar refractivity (Wildman–Crippen MR) is 83.3 cm³/mol. The van der Waals surface area contributed by atoms with Crippen molar-refractivity contribution in [2.45, 2.75) is 12.6 Å². The van der Waals surface area contributed by atoms with Crippen molar-refractivity contribution in [2.75, 3.05) is 13.1 Å². The fraction of sp³-hybridized carbons (Fsp3) is 0.278. The van der Waals surface area contributed by atoms with Gasteiger partial charge in [0, 0.05) is 18.7 Å². The second kappa shape index (κ2) is 6.74. The molecule has 1 aromatic carbocycles. The van der Waals surface area contributed by atoms with Crippen LogP contribution in [-0.4, -0.2) is 23.9 Å². The maximum Gasteiger partial charge on any atom is 0.417 e. The first-order valence-electron chi connectivity index (χ1n) is 7.12. The summed E-state index contributed by atoms with van der Waals surface area (Å²) >= 11 is 0. The van der Waals surface area contributed by atoms with Crippen LogP contribution in [0.15, 0.2) is 36.9 Å². The summed E-state index contributed by atoms with van der Waals surface area (Å²) in [7, 11) is 0. The van der Waals surface area contributed by atoms with Gasteiger partial charge in [-0.15, -0.1) is 6.42 Å². The van der Waals surface area contributed by atoms with Gasteiger partial charge in [-0.25, -0.2) is 0 Å². The number of benzene rings is 1. The summed E-state index contributed by atoms with van der Waals surface area (Å²) in [4.78, 5) is 13.2. The molecule has 1 aliphatic heterocycles. The van der Waals surface area contributed by atoms with Crippen LogP contribution in [0.2, 0.25) is 0 Å². The lowest BCUT2D eigenvalue weighted by Crippen LogP contribution is -2.26. The van der Waals surface area contributed by atoms with E-state index in [9.17, 15) is 18.0 Å². The van der Waals surface area contributed by atoms with E-state index in [1.807, 2.05) is 6.08 Å². The number of carbonyl (C=O) groups excluding carboxylic acids is 1. The van der Waals surface area contributed by atoms with Gasteiger partial charge >= 0.3 is 6.18 Å². The van der Waals surface area contributed by atoms with Crippen LogP contribution < -0.4 is 0 Å². The Morgan fingerprint density at radius 2 is 2.17 bits per heavy atom. The van der Waals surface area contributed by atoms with Crippen LogP contribution in [0.25, 0.3) is 6.08 Å². The summed E-state index contributed by atoms with van der Waals surface area (Å²) in [5.41, 5.74) is -0.366. The predicted octanol–water partition coefficient (Wildman–Crippen LogP) is 3.73. The maximum atomic E-state index is 12.8. The van der Waals surface area contributed by atoms with Gasteiger partial charge in [-0.05, 0) is 36.1 Å². The highest BCUT2D eigenvalue weighted by molar-refractivity contribution is 5.87. The Balaban J connectivity index is 2.11. The zero-order valence-electron chi connectivity index (χ0n) is 12.4. The Morgan fingerprint density at radius 3 is 2.78 bits per heavy atom. The summed E-state index contributed by atoms with van der Waals surface area (Å²) in [6.07, 6.45) is 6.46. The number of alkyl halides is 3. The van der Waals surface area contributed by atoms with E-state index in [2.05, 4.69) is 12.5 Å². The average molecular weight is 319 g/mol. The largest absolute Gasteiger partial charge is 0.417 e. The standard InChI is InChI=1S/C18H16F3NO/c1-3-15-11-13(7-8-16(15)18(19,20)21)5-6-14-9-10-22(12-14)17(23)4-2/h1,4-8,11,14H,2,9-10,12H2/b6-5+/t14-/m0/s1. The first-order chi connectivity index (χ1) is 10.8. The van der Waals surface area contributed by atoms with Gasteiger partial charge in [-0.2, -0.15) is 13.2 Å². The fourth-order valence-electron chi connectivity index (χ4n) is 2.55. The van der Waals surface area contributed by atoms with Crippen molar-refractivity contribution in [3.8, 4) is 12.3 Å². The highest BCUT2D eigenvalue weighted by Crippen LogP contribution is 2.32. The Labute approximate surface area is 133 Å². The Bertz CT molecular complexity index is 682. The van der Waals surface area contributed by atoms with Crippen molar-refractivity contribution >= 4 is 12.0 Å². The van der Waals surface area contributed by atoms with E-state index in [4.69, 9.17) is 6.42 Å². The summed E-state index contributed by atoms with van der Waals surface area (Å²) < 4.78 is 38.4. The van der Waals surface area contributed by atoms with Crippen molar-refractivity contribution in [1.29, 1.82) is 0 Å². The minimum Gasteiger partial charge on any atom is -0.339 e. The number of carbonyl (C=O) groups is 1. The molecule has 2 rings (SSSR count). The molecule has 0 aliphatic carbocycles. The molecule has 0 saturated carbocycles.